The van der Waals surface area contributed by atoms with Crippen LogP contribution in [0, 0.1) is 0 Å². The molecule has 0 heterocycles. The number of nitrogens with zero attached hydrogens (tertiary/aromatic N) is 1. The third-order valence-electron chi connectivity index (χ3n) is 3.69. The fraction of sp³-hybridized carbons (Fsp3) is 0.571. The topological polar surface area (TPSA) is 57.6 Å². The molecule has 0 radical (unpaired) electrons. The highest BCUT2D eigenvalue weighted by Gasteiger charge is 2.32. The van der Waals surface area contributed by atoms with Crippen LogP contribution in [-0.2, 0) is 10.0 Å². The molecule has 5 heteroatoms. The van der Waals surface area contributed by atoms with Gasteiger partial charge in [0, 0.05) is 12.6 Å². The van der Waals surface area contributed by atoms with Crippen molar-refractivity contribution in [3.8, 4) is 5.75 Å². The molecule has 106 valence electrons. The molecule has 1 aliphatic rings. The van der Waals surface area contributed by atoms with Gasteiger partial charge in [0.2, 0.25) is 10.0 Å². The first-order valence-corrected chi connectivity index (χ1v) is 8.36. The second kappa shape index (κ2) is 5.82. The first-order chi connectivity index (χ1) is 9.05. The Kier molecular flexibility index (Phi) is 4.34. The van der Waals surface area contributed by atoms with Gasteiger partial charge in [-0.25, -0.2) is 8.42 Å². The lowest BCUT2D eigenvalue weighted by molar-refractivity contribution is 0.475. The SMILES string of the molecule is CCN(c1cccc(O)c1)S(=O)(=O)C1CCCCC1. The average Bonchev–Trinajstić information content (AvgIpc) is 2.40. The minimum absolute atomic E-state index is 0.0924. The number of phenolic OH excluding ortho intramolecular Hbond substituents is 1. The van der Waals surface area contributed by atoms with E-state index in [1.165, 1.54) is 10.4 Å². The number of hydrogen-bond acceptors (Lipinski definition) is 3. The van der Waals surface area contributed by atoms with E-state index < -0.39 is 10.0 Å². The third-order valence-corrected chi connectivity index (χ3v) is 6.08. The molecule has 0 aromatic heterocycles. The number of rotatable bonds is 4. The van der Waals surface area contributed by atoms with Crippen molar-refractivity contribution in [3.63, 3.8) is 0 Å². The van der Waals surface area contributed by atoms with Gasteiger partial charge >= 0.3 is 0 Å². The van der Waals surface area contributed by atoms with Crippen molar-refractivity contribution in [3.05, 3.63) is 24.3 Å². The van der Waals surface area contributed by atoms with Crippen molar-refractivity contribution in [2.45, 2.75) is 44.3 Å². The fourth-order valence-corrected chi connectivity index (χ4v) is 4.76. The van der Waals surface area contributed by atoms with Gasteiger partial charge in [0.1, 0.15) is 5.75 Å². The van der Waals surface area contributed by atoms with E-state index in [1.54, 1.807) is 18.2 Å². The Morgan fingerprint density at radius 2 is 1.95 bits per heavy atom. The Labute approximate surface area is 115 Å². The Morgan fingerprint density at radius 3 is 2.53 bits per heavy atom. The molecule has 0 unspecified atom stereocenters. The van der Waals surface area contributed by atoms with Gasteiger partial charge in [0.15, 0.2) is 0 Å². The largest absolute Gasteiger partial charge is 0.508 e. The summed E-state index contributed by atoms with van der Waals surface area (Å²) in [5.41, 5.74) is 0.549. The van der Waals surface area contributed by atoms with Crippen LogP contribution in [0.2, 0.25) is 0 Å². The van der Waals surface area contributed by atoms with Crippen molar-refractivity contribution in [2.75, 3.05) is 10.8 Å². The van der Waals surface area contributed by atoms with Gasteiger partial charge in [-0.05, 0) is 31.9 Å². The summed E-state index contributed by atoms with van der Waals surface area (Å²) in [5.74, 6) is 0.0924. The minimum Gasteiger partial charge on any atom is -0.508 e. The monoisotopic (exact) mass is 283 g/mol. The second-order valence-electron chi connectivity index (χ2n) is 4.99. The van der Waals surface area contributed by atoms with Crippen LogP contribution in [0.15, 0.2) is 24.3 Å². The molecule has 1 fully saturated rings. The molecule has 0 saturated heterocycles. The normalized spacial score (nSPS) is 17.3. The summed E-state index contributed by atoms with van der Waals surface area (Å²) in [6.07, 6.45) is 4.60. The van der Waals surface area contributed by atoms with E-state index in [4.69, 9.17) is 0 Å². The van der Waals surface area contributed by atoms with Crippen LogP contribution in [0.4, 0.5) is 5.69 Å². The number of hydrogen-bond donors (Lipinski definition) is 1. The van der Waals surface area contributed by atoms with Crippen LogP contribution in [0.25, 0.3) is 0 Å². The molecule has 0 amide bonds. The van der Waals surface area contributed by atoms with Crippen LogP contribution in [-0.4, -0.2) is 25.3 Å². The molecule has 0 aliphatic heterocycles. The van der Waals surface area contributed by atoms with Gasteiger partial charge in [0.25, 0.3) is 0 Å². The predicted octanol–water partition coefficient (Wildman–Crippen LogP) is 2.88. The Hall–Kier alpha value is -1.23. The molecule has 2 rings (SSSR count). The van der Waals surface area contributed by atoms with Crippen molar-refractivity contribution in [1.29, 1.82) is 0 Å². The van der Waals surface area contributed by atoms with Gasteiger partial charge < -0.3 is 5.11 Å². The smallest absolute Gasteiger partial charge is 0.238 e. The van der Waals surface area contributed by atoms with E-state index in [2.05, 4.69) is 0 Å². The lowest BCUT2D eigenvalue weighted by Gasteiger charge is -2.30. The lowest BCUT2D eigenvalue weighted by atomic mass is 10.0. The second-order valence-corrected chi connectivity index (χ2v) is 7.13. The predicted molar refractivity (Wildman–Crippen MR) is 76.9 cm³/mol. The molecule has 4 nitrogen and oxygen atoms in total. The molecular weight excluding hydrogens is 262 g/mol. The first-order valence-electron chi connectivity index (χ1n) is 6.86. The number of aromatic hydroxyl groups is 1. The van der Waals surface area contributed by atoms with E-state index in [9.17, 15) is 13.5 Å². The Bertz CT molecular complexity index is 521. The van der Waals surface area contributed by atoms with E-state index in [0.29, 0.717) is 12.2 Å². The zero-order valence-electron chi connectivity index (χ0n) is 11.2. The average molecular weight is 283 g/mol. The molecule has 1 aliphatic carbocycles. The summed E-state index contributed by atoms with van der Waals surface area (Å²) >= 11 is 0. The van der Waals surface area contributed by atoms with Gasteiger partial charge in [-0.3, -0.25) is 4.31 Å². The van der Waals surface area contributed by atoms with Crippen molar-refractivity contribution in [2.24, 2.45) is 0 Å². The van der Waals surface area contributed by atoms with Crippen LogP contribution < -0.4 is 4.31 Å². The zero-order valence-corrected chi connectivity index (χ0v) is 12.1. The van der Waals surface area contributed by atoms with Crippen molar-refractivity contribution < 1.29 is 13.5 Å². The highest BCUT2D eigenvalue weighted by atomic mass is 32.2. The van der Waals surface area contributed by atoms with Crippen molar-refractivity contribution >= 4 is 15.7 Å². The van der Waals surface area contributed by atoms with E-state index in [1.807, 2.05) is 6.92 Å². The van der Waals surface area contributed by atoms with E-state index >= 15 is 0 Å². The van der Waals surface area contributed by atoms with Crippen molar-refractivity contribution in [1.82, 2.24) is 0 Å². The Morgan fingerprint density at radius 1 is 1.26 bits per heavy atom. The van der Waals surface area contributed by atoms with E-state index in [0.717, 1.165) is 32.1 Å². The minimum atomic E-state index is -3.32. The maximum absolute atomic E-state index is 12.7. The highest BCUT2D eigenvalue weighted by molar-refractivity contribution is 7.93. The standard InChI is InChI=1S/C14H21NO3S/c1-2-15(12-7-6-8-13(16)11-12)19(17,18)14-9-4-3-5-10-14/h6-8,11,14,16H,2-5,9-10H2,1H3. The summed E-state index contributed by atoms with van der Waals surface area (Å²) in [7, 11) is -3.32. The molecule has 19 heavy (non-hydrogen) atoms. The summed E-state index contributed by atoms with van der Waals surface area (Å²) in [6, 6.07) is 6.45. The van der Waals surface area contributed by atoms with Gasteiger partial charge in [-0.2, -0.15) is 0 Å². The van der Waals surface area contributed by atoms with Crippen LogP contribution in [0.5, 0.6) is 5.75 Å². The van der Waals surface area contributed by atoms with Gasteiger partial charge in [-0.15, -0.1) is 0 Å². The molecule has 1 aromatic rings. The highest BCUT2D eigenvalue weighted by Crippen LogP contribution is 2.30. The van der Waals surface area contributed by atoms with Crippen LogP contribution in [0.3, 0.4) is 0 Å². The molecular formula is C14H21NO3S. The molecule has 1 N–H and O–H groups in total. The van der Waals surface area contributed by atoms with Gasteiger partial charge in [-0.1, -0.05) is 25.3 Å². The maximum Gasteiger partial charge on any atom is 0.238 e. The van der Waals surface area contributed by atoms with Crippen LogP contribution >= 0.6 is 0 Å². The summed E-state index contributed by atoms with van der Waals surface area (Å²) in [6.45, 7) is 2.21. The number of benzene rings is 1. The van der Waals surface area contributed by atoms with Gasteiger partial charge in [0.05, 0.1) is 10.9 Å². The molecule has 0 bridgehead atoms. The summed E-state index contributed by atoms with van der Waals surface area (Å²) in [5, 5.41) is 9.24. The first kappa shape index (κ1) is 14.2. The maximum atomic E-state index is 12.7. The Balaban J connectivity index is 2.30. The molecule has 0 spiro atoms. The quantitative estimate of drug-likeness (QED) is 0.924. The number of sulfonamides is 1. The molecule has 1 saturated carbocycles. The zero-order chi connectivity index (χ0) is 13.9. The van der Waals surface area contributed by atoms with Crippen LogP contribution in [0.1, 0.15) is 39.0 Å². The lowest BCUT2D eigenvalue weighted by Crippen LogP contribution is -2.39. The third kappa shape index (κ3) is 3.03. The van der Waals surface area contributed by atoms with E-state index in [-0.39, 0.29) is 11.0 Å². The summed E-state index contributed by atoms with van der Waals surface area (Å²) < 4.78 is 26.8. The molecule has 0 atom stereocenters. The summed E-state index contributed by atoms with van der Waals surface area (Å²) in [4.78, 5) is 0. The number of anilines is 1. The number of phenols is 1. The molecule has 1 aromatic carbocycles. The fourth-order valence-electron chi connectivity index (χ4n) is 2.70.